The van der Waals surface area contributed by atoms with Gasteiger partial charge in [0, 0.05) is 5.56 Å². The molecule has 1 heterocycles. The third-order valence-electron chi connectivity index (χ3n) is 1.08. The van der Waals surface area contributed by atoms with E-state index in [0.717, 1.165) is 11.8 Å². The van der Waals surface area contributed by atoms with E-state index in [1.54, 1.807) is 12.1 Å². The molecule has 1 aromatic rings. The van der Waals surface area contributed by atoms with Crippen LogP contribution in [0.5, 0.6) is 0 Å². The van der Waals surface area contributed by atoms with E-state index in [-0.39, 0.29) is 0 Å². The molecule has 11 heavy (non-hydrogen) atoms. The summed E-state index contributed by atoms with van der Waals surface area (Å²) < 4.78 is 4.89. The Morgan fingerprint density at radius 2 is 2.18 bits per heavy atom. The minimum Gasteiger partial charge on any atom is -0.463 e. The van der Waals surface area contributed by atoms with Gasteiger partial charge in [0.1, 0.15) is 0 Å². The highest BCUT2D eigenvalue weighted by Gasteiger charge is 1.95. The minimum absolute atomic E-state index is 0.560. The molecule has 0 saturated heterocycles. The second kappa shape index (κ2) is 5.47. The predicted molar refractivity (Wildman–Crippen MR) is 48.0 cm³/mol. The molecule has 0 aromatic carbocycles. The normalized spacial score (nSPS) is 7.82. The van der Waals surface area contributed by atoms with Gasteiger partial charge in [0.05, 0.1) is 12.5 Å². The first kappa shape index (κ1) is 9.69. The fraction of sp³-hybridized carbons (Fsp3) is 0.222. The van der Waals surface area contributed by atoms with Crippen molar-refractivity contribution in [3.63, 3.8) is 0 Å². The van der Waals surface area contributed by atoms with E-state index in [1.807, 2.05) is 13.8 Å². The molecule has 0 aliphatic rings. The average Bonchev–Trinajstić information content (AvgIpc) is 2.54. The smallest absolute Gasteiger partial charge is 0.151 e. The maximum Gasteiger partial charge on any atom is 0.151 e. The van der Waals surface area contributed by atoms with Gasteiger partial charge >= 0.3 is 0 Å². The molecule has 1 N–H and O–H groups in total. The maximum atomic E-state index is 6.84. The van der Waals surface area contributed by atoms with Gasteiger partial charge in [-0.15, -0.1) is 0 Å². The molecule has 0 bridgehead atoms. The Hall–Kier alpha value is -1.31. The zero-order valence-electron chi connectivity index (χ0n) is 6.92. The van der Waals surface area contributed by atoms with E-state index in [9.17, 15) is 0 Å². The SMILES string of the molecule is C=Cc1ccoc1C=N.CC. The Labute approximate surface area is 67.1 Å². The highest BCUT2D eigenvalue weighted by atomic mass is 16.3. The topological polar surface area (TPSA) is 37.0 Å². The lowest BCUT2D eigenvalue weighted by atomic mass is 10.2. The number of furan rings is 1. The molecule has 0 atom stereocenters. The van der Waals surface area contributed by atoms with Crippen molar-refractivity contribution in [2.75, 3.05) is 0 Å². The lowest BCUT2D eigenvalue weighted by Crippen LogP contribution is -1.75. The summed E-state index contributed by atoms with van der Waals surface area (Å²) in [6.45, 7) is 7.55. The molecule has 0 aliphatic heterocycles. The maximum absolute atomic E-state index is 6.84. The molecule has 0 radical (unpaired) electrons. The van der Waals surface area contributed by atoms with Crippen molar-refractivity contribution < 1.29 is 4.42 Å². The molecule has 1 rings (SSSR count). The van der Waals surface area contributed by atoms with Gasteiger partial charge in [0.2, 0.25) is 0 Å². The van der Waals surface area contributed by atoms with Gasteiger partial charge in [-0.3, -0.25) is 0 Å². The van der Waals surface area contributed by atoms with Gasteiger partial charge in [0.15, 0.2) is 5.76 Å². The summed E-state index contributed by atoms with van der Waals surface area (Å²) in [6, 6.07) is 1.77. The zero-order valence-corrected chi connectivity index (χ0v) is 6.92. The largest absolute Gasteiger partial charge is 0.463 e. The molecule has 60 valence electrons. The molecule has 0 fully saturated rings. The molecule has 0 saturated carbocycles. The summed E-state index contributed by atoms with van der Waals surface area (Å²) in [6.07, 6.45) is 4.36. The number of rotatable bonds is 2. The van der Waals surface area contributed by atoms with Crippen LogP contribution in [0.15, 0.2) is 23.3 Å². The van der Waals surface area contributed by atoms with Crippen molar-refractivity contribution in [2.24, 2.45) is 0 Å². The van der Waals surface area contributed by atoms with Crippen LogP contribution in [0.1, 0.15) is 25.2 Å². The molecular weight excluding hydrogens is 138 g/mol. The van der Waals surface area contributed by atoms with Gasteiger partial charge in [0.25, 0.3) is 0 Å². The van der Waals surface area contributed by atoms with E-state index in [2.05, 4.69) is 6.58 Å². The zero-order chi connectivity index (χ0) is 8.69. The Morgan fingerprint density at radius 3 is 2.55 bits per heavy atom. The molecule has 2 heteroatoms. The number of nitrogens with one attached hydrogen (secondary N) is 1. The van der Waals surface area contributed by atoms with Crippen LogP contribution in [-0.4, -0.2) is 6.21 Å². The van der Waals surface area contributed by atoms with Crippen LogP contribution in [-0.2, 0) is 0 Å². The van der Waals surface area contributed by atoms with Crippen LogP contribution in [0.25, 0.3) is 6.08 Å². The molecule has 2 nitrogen and oxygen atoms in total. The van der Waals surface area contributed by atoms with Crippen LogP contribution in [0.4, 0.5) is 0 Å². The summed E-state index contributed by atoms with van der Waals surface area (Å²) in [4.78, 5) is 0. The average molecular weight is 151 g/mol. The van der Waals surface area contributed by atoms with Crippen LogP contribution < -0.4 is 0 Å². The first-order valence-corrected chi connectivity index (χ1v) is 3.59. The van der Waals surface area contributed by atoms with Crippen molar-refractivity contribution in [2.45, 2.75) is 13.8 Å². The van der Waals surface area contributed by atoms with Gasteiger partial charge in [-0.2, -0.15) is 0 Å². The first-order valence-electron chi connectivity index (χ1n) is 3.59. The standard InChI is InChI=1S/C7H7NO.C2H6/c1-2-6-3-4-9-7(6)5-8;1-2/h2-5,8H,1H2;1-2H3. The minimum atomic E-state index is 0.560. The quantitative estimate of drug-likeness (QED) is 0.648. The first-order chi connectivity index (χ1) is 5.38. The van der Waals surface area contributed by atoms with Crippen molar-refractivity contribution in [3.05, 3.63) is 30.2 Å². The Morgan fingerprint density at radius 1 is 1.55 bits per heavy atom. The second-order valence-electron chi connectivity index (χ2n) is 1.59. The molecular formula is C9H13NO. The van der Waals surface area contributed by atoms with E-state index >= 15 is 0 Å². The fourth-order valence-corrected chi connectivity index (χ4v) is 0.617. The molecule has 0 aliphatic carbocycles. The van der Waals surface area contributed by atoms with E-state index in [0.29, 0.717) is 5.76 Å². The molecule has 0 unspecified atom stereocenters. The summed E-state index contributed by atoms with van der Waals surface area (Å²) in [5, 5.41) is 6.84. The number of hydrogen-bond donors (Lipinski definition) is 1. The van der Waals surface area contributed by atoms with Gasteiger partial charge in [-0.05, 0) is 6.07 Å². The number of hydrogen-bond acceptors (Lipinski definition) is 2. The Balaban J connectivity index is 0.000000461. The van der Waals surface area contributed by atoms with E-state index < -0.39 is 0 Å². The Bertz CT molecular complexity index is 203. The van der Waals surface area contributed by atoms with Crippen LogP contribution in [0, 0.1) is 5.41 Å². The van der Waals surface area contributed by atoms with Crippen molar-refractivity contribution in [1.82, 2.24) is 0 Å². The van der Waals surface area contributed by atoms with E-state index in [4.69, 9.17) is 9.83 Å². The third-order valence-corrected chi connectivity index (χ3v) is 1.08. The summed E-state index contributed by atoms with van der Waals surface area (Å²) in [5.41, 5.74) is 0.866. The monoisotopic (exact) mass is 151 g/mol. The van der Waals surface area contributed by atoms with Gasteiger partial charge in [-0.1, -0.05) is 26.5 Å². The lowest BCUT2D eigenvalue weighted by molar-refractivity contribution is 0.559. The third kappa shape index (κ3) is 2.42. The molecule has 0 amide bonds. The highest BCUT2D eigenvalue weighted by molar-refractivity contribution is 5.79. The van der Waals surface area contributed by atoms with E-state index in [1.165, 1.54) is 6.26 Å². The fourth-order valence-electron chi connectivity index (χ4n) is 0.617. The highest BCUT2D eigenvalue weighted by Crippen LogP contribution is 2.07. The molecule has 0 spiro atoms. The summed E-state index contributed by atoms with van der Waals surface area (Å²) in [5.74, 6) is 0.560. The van der Waals surface area contributed by atoms with Crippen molar-refractivity contribution in [1.29, 1.82) is 5.41 Å². The van der Waals surface area contributed by atoms with Gasteiger partial charge < -0.3 is 9.83 Å². The van der Waals surface area contributed by atoms with Crippen LogP contribution >= 0.6 is 0 Å². The van der Waals surface area contributed by atoms with Crippen LogP contribution in [0.2, 0.25) is 0 Å². The van der Waals surface area contributed by atoms with Gasteiger partial charge in [-0.25, -0.2) is 0 Å². The molecule has 1 aromatic heterocycles. The van der Waals surface area contributed by atoms with Crippen LogP contribution in [0.3, 0.4) is 0 Å². The lowest BCUT2D eigenvalue weighted by Gasteiger charge is -1.82. The predicted octanol–water partition coefficient (Wildman–Crippen LogP) is 2.95. The Kier molecular flexibility index (Phi) is 4.82. The van der Waals surface area contributed by atoms with Crippen molar-refractivity contribution >= 4 is 12.3 Å². The summed E-state index contributed by atoms with van der Waals surface area (Å²) >= 11 is 0. The van der Waals surface area contributed by atoms with Crippen molar-refractivity contribution in [3.8, 4) is 0 Å². The second-order valence-corrected chi connectivity index (χ2v) is 1.59. The summed E-state index contributed by atoms with van der Waals surface area (Å²) in [7, 11) is 0.